The summed E-state index contributed by atoms with van der Waals surface area (Å²) < 4.78 is 0. The van der Waals surface area contributed by atoms with Crippen LogP contribution in [0.4, 0.5) is 5.69 Å². The Morgan fingerprint density at radius 3 is 2.89 bits per heavy atom. The number of nitrogens with two attached hydrogens (primary N) is 1. The molecule has 1 aromatic carbocycles. The van der Waals surface area contributed by atoms with Crippen molar-refractivity contribution >= 4 is 23.4 Å². The minimum atomic E-state index is -0.116. The number of thioether (sulfide) groups is 1. The van der Waals surface area contributed by atoms with Crippen molar-refractivity contribution in [1.82, 2.24) is 4.98 Å². The van der Waals surface area contributed by atoms with Gasteiger partial charge in [-0.3, -0.25) is 9.78 Å². The molecular weight excluding hydrogens is 258 g/mol. The van der Waals surface area contributed by atoms with E-state index >= 15 is 0 Å². The van der Waals surface area contributed by atoms with Gasteiger partial charge in [0.25, 0.3) is 5.91 Å². The second-order valence-electron chi connectivity index (χ2n) is 4.36. The van der Waals surface area contributed by atoms with Crippen molar-refractivity contribution in [2.24, 2.45) is 5.73 Å². The van der Waals surface area contributed by atoms with Gasteiger partial charge in [0.05, 0.1) is 0 Å². The second-order valence-corrected chi connectivity index (χ2v) is 5.42. The lowest BCUT2D eigenvalue weighted by Crippen LogP contribution is -2.12. The standard InChI is InChI=1S/C14H13N3OS/c15-12-8-19-13-7-9(1-2-11(12)13)14(18)17-10-3-5-16-6-4-10/h1-7,12H,8,15H2,(H,16,17,18). The first-order valence-electron chi connectivity index (χ1n) is 5.98. The maximum atomic E-state index is 12.1. The van der Waals surface area contributed by atoms with Gasteiger partial charge in [0.1, 0.15) is 0 Å². The minimum Gasteiger partial charge on any atom is -0.323 e. The van der Waals surface area contributed by atoms with E-state index in [4.69, 9.17) is 5.73 Å². The maximum Gasteiger partial charge on any atom is 0.255 e. The first-order valence-corrected chi connectivity index (χ1v) is 6.96. The molecule has 0 fully saturated rings. The van der Waals surface area contributed by atoms with Crippen LogP contribution in [0.2, 0.25) is 0 Å². The summed E-state index contributed by atoms with van der Waals surface area (Å²) in [5.41, 5.74) is 8.49. The molecule has 3 rings (SSSR count). The molecule has 1 unspecified atom stereocenters. The fourth-order valence-corrected chi connectivity index (χ4v) is 3.15. The first-order chi connectivity index (χ1) is 9.24. The molecule has 1 aliphatic rings. The van der Waals surface area contributed by atoms with Gasteiger partial charge >= 0.3 is 0 Å². The lowest BCUT2D eigenvalue weighted by molar-refractivity contribution is 0.102. The van der Waals surface area contributed by atoms with Crippen LogP contribution in [-0.2, 0) is 0 Å². The zero-order valence-corrected chi connectivity index (χ0v) is 11.0. The van der Waals surface area contributed by atoms with Crippen molar-refractivity contribution in [2.45, 2.75) is 10.9 Å². The highest BCUT2D eigenvalue weighted by atomic mass is 32.2. The van der Waals surface area contributed by atoms with Crippen LogP contribution in [0.25, 0.3) is 0 Å². The third-order valence-corrected chi connectivity index (χ3v) is 4.22. The molecule has 4 nitrogen and oxygen atoms in total. The van der Waals surface area contributed by atoms with Crippen LogP contribution in [0.15, 0.2) is 47.6 Å². The Hall–Kier alpha value is -1.85. The molecule has 3 N–H and O–H groups in total. The van der Waals surface area contributed by atoms with E-state index in [0.717, 1.165) is 21.9 Å². The molecule has 96 valence electrons. The van der Waals surface area contributed by atoms with E-state index in [1.165, 1.54) is 0 Å². The number of hydrogen-bond acceptors (Lipinski definition) is 4. The monoisotopic (exact) mass is 271 g/mol. The van der Waals surface area contributed by atoms with Crippen molar-refractivity contribution in [3.63, 3.8) is 0 Å². The maximum absolute atomic E-state index is 12.1. The van der Waals surface area contributed by atoms with Crippen LogP contribution >= 0.6 is 11.8 Å². The summed E-state index contributed by atoms with van der Waals surface area (Å²) in [6, 6.07) is 9.27. The summed E-state index contributed by atoms with van der Waals surface area (Å²) in [6.45, 7) is 0. The molecule has 5 heteroatoms. The van der Waals surface area contributed by atoms with Crippen molar-refractivity contribution < 1.29 is 4.79 Å². The van der Waals surface area contributed by atoms with Crippen LogP contribution in [0.3, 0.4) is 0 Å². The molecule has 0 radical (unpaired) electrons. The Morgan fingerprint density at radius 2 is 2.11 bits per heavy atom. The number of benzene rings is 1. The van der Waals surface area contributed by atoms with Crippen molar-refractivity contribution in [1.29, 1.82) is 0 Å². The normalized spacial score (nSPS) is 17.0. The predicted octanol–water partition coefficient (Wildman–Crippen LogP) is 2.44. The van der Waals surface area contributed by atoms with E-state index in [0.29, 0.717) is 5.56 Å². The fraction of sp³-hybridized carbons (Fsp3) is 0.143. The molecule has 0 saturated heterocycles. The van der Waals surface area contributed by atoms with Crippen molar-refractivity contribution in [3.05, 3.63) is 53.9 Å². The van der Waals surface area contributed by atoms with Crippen LogP contribution in [0.5, 0.6) is 0 Å². The van der Waals surface area contributed by atoms with E-state index in [-0.39, 0.29) is 11.9 Å². The highest BCUT2D eigenvalue weighted by Gasteiger charge is 2.20. The molecule has 0 bridgehead atoms. The van der Waals surface area contributed by atoms with Gasteiger partial charge in [0.2, 0.25) is 0 Å². The summed E-state index contributed by atoms with van der Waals surface area (Å²) in [5, 5.41) is 2.84. The van der Waals surface area contributed by atoms with Crippen LogP contribution < -0.4 is 11.1 Å². The number of hydrogen-bond donors (Lipinski definition) is 2. The largest absolute Gasteiger partial charge is 0.323 e. The zero-order chi connectivity index (χ0) is 13.2. The van der Waals surface area contributed by atoms with Crippen LogP contribution in [0.1, 0.15) is 22.0 Å². The predicted molar refractivity (Wildman–Crippen MR) is 76.3 cm³/mol. The van der Waals surface area contributed by atoms with E-state index in [9.17, 15) is 4.79 Å². The van der Waals surface area contributed by atoms with Crippen molar-refractivity contribution in [3.8, 4) is 0 Å². The Kier molecular flexibility index (Phi) is 3.23. The average Bonchev–Trinajstić information content (AvgIpc) is 2.81. The van der Waals surface area contributed by atoms with E-state index in [1.54, 1.807) is 36.3 Å². The van der Waals surface area contributed by atoms with Crippen molar-refractivity contribution in [2.75, 3.05) is 11.1 Å². The smallest absolute Gasteiger partial charge is 0.255 e. The third-order valence-electron chi connectivity index (χ3n) is 3.03. The molecule has 0 saturated carbocycles. The summed E-state index contributed by atoms with van der Waals surface area (Å²) in [6.07, 6.45) is 3.29. The Balaban J connectivity index is 1.81. The zero-order valence-electron chi connectivity index (χ0n) is 10.2. The molecule has 0 aliphatic carbocycles. The van der Waals surface area contributed by atoms with Gasteiger partial charge in [0.15, 0.2) is 0 Å². The molecule has 1 aliphatic heterocycles. The van der Waals surface area contributed by atoms with Gasteiger partial charge < -0.3 is 11.1 Å². The van der Waals surface area contributed by atoms with Gasteiger partial charge in [0, 0.05) is 40.3 Å². The second kappa shape index (κ2) is 5.03. The number of nitrogens with zero attached hydrogens (tertiary/aromatic N) is 1. The summed E-state index contributed by atoms with van der Waals surface area (Å²) >= 11 is 1.70. The topological polar surface area (TPSA) is 68.0 Å². The van der Waals surface area contributed by atoms with Gasteiger partial charge in [-0.1, -0.05) is 6.07 Å². The Bertz CT molecular complexity index is 615. The lowest BCUT2D eigenvalue weighted by Gasteiger charge is -2.07. The molecule has 1 atom stereocenters. The number of fused-ring (bicyclic) bond motifs is 1. The number of nitrogens with one attached hydrogen (secondary N) is 1. The average molecular weight is 271 g/mol. The van der Waals surface area contributed by atoms with Crippen LogP contribution in [0, 0.1) is 0 Å². The SMILES string of the molecule is NC1CSc2cc(C(=O)Nc3ccncc3)ccc21. The van der Waals surface area contributed by atoms with Gasteiger partial charge in [-0.2, -0.15) is 0 Å². The minimum absolute atomic E-state index is 0.0808. The first kappa shape index (κ1) is 12.2. The summed E-state index contributed by atoms with van der Waals surface area (Å²) in [7, 11) is 0. The number of carbonyl (C=O) groups is 1. The quantitative estimate of drug-likeness (QED) is 0.880. The number of carbonyl (C=O) groups excluding carboxylic acids is 1. The highest BCUT2D eigenvalue weighted by Crippen LogP contribution is 2.37. The number of amides is 1. The van der Waals surface area contributed by atoms with E-state index < -0.39 is 0 Å². The number of rotatable bonds is 2. The Labute approximate surface area is 115 Å². The van der Waals surface area contributed by atoms with E-state index in [2.05, 4.69) is 10.3 Å². The van der Waals surface area contributed by atoms with Gasteiger partial charge in [-0.15, -0.1) is 11.8 Å². The van der Waals surface area contributed by atoms with Gasteiger partial charge in [-0.05, 0) is 29.8 Å². The highest BCUT2D eigenvalue weighted by molar-refractivity contribution is 7.99. The lowest BCUT2D eigenvalue weighted by atomic mass is 10.1. The summed E-state index contributed by atoms with van der Waals surface area (Å²) in [4.78, 5) is 17.1. The van der Waals surface area contributed by atoms with E-state index in [1.807, 2.05) is 18.2 Å². The van der Waals surface area contributed by atoms with Gasteiger partial charge in [-0.25, -0.2) is 0 Å². The fourth-order valence-electron chi connectivity index (χ4n) is 2.01. The molecule has 2 aromatic rings. The molecule has 1 amide bonds. The molecule has 0 spiro atoms. The molecule has 19 heavy (non-hydrogen) atoms. The molecular formula is C14H13N3OS. The van der Waals surface area contributed by atoms with Crippen LogP contribution in [-0.4, -0.2) is 16.6 Å². The Morgan fingerprint density at radius 1 is 1.32 bits per heavy atom. The third kappa shape index (κ3) is 2.47. The number of pyridine rings is 1. The molecule has 1 aromatic heterocycles. The molecule has 2 heterocycles. The number of aromatic nitrogens is 1. The summed E-state index contributed by atoms with van der Waals surface area (Å²) in [5.74, 6) is 0.764. The number of anilines is 1.